The molecule has 4 heteroatoms. The molecule has 1 fully saturated rings. The van der Waals surface area contributed by atoms with Crippen LogP contribution in [0.2, 0.25) is 0 Å². The number of hydrogen-bond donors (Lipinski definition) is 1. The van der Waals surface area contributed by atoms with Crippen LogP contribution in [0.15, 0.2) is 6.07 Å². The Morgan fingerprint density at radius 3 is 2.70 bits per heavy atom. The number of aliphatic hydroxyl groups is 1. The van der Waals surface area contributed by atoms with Gasteiger partial charge in [0, 0.05) is 4.88 Å². The Morgan fingerprint density at radius 1 is 1.30 bits per heavy atom. The standard InChI is InChI=1S/C16H23NO2S/c1-2-16(19)10-17(11-16)15(18)14-9-12-7-5-3-4-6-8-13(12)20-14/h9,19H,2-8,10-11H2,1H3. The fourth-order valence-electron chi connectivity index (χ4n) is 3.14. The summed E-state index contributed by atoms with van der Waals surface area (Å²) in [6, 6.07) is 2.11. The second kappa shape index (κ2) is 5.49. The van der Waals surface area contributed by atoms with Crippen LogP contribution in [-0.4, -0.2) is 34.6 Å². The first-order valence-corrected chi connectivity index (χ1v) is 8.56. The Bertz CT molecular complexity index is 477. The molecule has 1 aromatic heterocycles. The minimum Gasteiger partial charge on any atom is -0.386 e. The summed E-state index contributed by atoms with van der Waals surface area (Å²) in [4.78, 5) is 16.5. The van der Waals surface area contributed by atoms with Crippen molar-refractivity contribution in [2.45, 2.75) is 57.5 Å². The fourth-order valence-corrected chi connectivity index (χ4v) is 4.36. The molecule has 20 heavy (non-hydrogen) atoms. The van der Waals surface area contributed by atoms with Gasteiger partial charge in [0.15, 0.2) is 0 Å². The van der Waals surface area contributed by atoms with Crippen LogP contribution in [0.1, 0.15) is 59.1 Å². The number of amides is 1. The molecule has 2 heterocycles. The van der Waals surface area contributed by atoms with Crippen LogP contribution in [-0.2, 0) is 12.8 Å². The molecular formula is C16H23NO2S. The van der Waals surface area contributed by atoms with Gasteiger partial charge in [0.05, 0.1) is 23.6 Å². The van der Waals surface area contributed by atoms with Crippen LogP contribution >= 0.6 is 11.3 Å². The van der Waals surface area contributed by atoms with Gasteiger partial charge in [-0.05, 0) is 43.7 Å². The van der Waals surface area contributed by atoms with Crippen LogP contribution in [0.5, 0.6) is 0 Å². The molecule has 1 aliphatic heterocycles. The molecule has 0 unspecified atom stereocenters. The third kappa shape index (κ3) is 2.63. The average molecular weight is 293 g/mol. The Kier molecular flexibility index (Phi) is 3.87. The zero-order chi connectivity index (χ0) is 14.2. The van der Waals surface area contributed by atoms with E-state index in [2.05, 4.69) is 6.07 Å². The second-order valence-corrected chi connectivity index (χ2v) is 7.35. The maximum Gasteiger partial charge on any atom is 0.264 e. The number of thiophene rings is 1. The minimum absolute atomic E-state index is 0.111. The lowest BCUT2D eigenvalue weighted by molar-refractivity contribution is -0.0824. The molecule has 1 saturated heterocycles. The van der Waals surface area contributed by atoms with Crippen molar-refractivity contribution in [2.24, 2.45) is 0 Å². The molecule has 3 nitrogen and oxygen atoms in total. The number of aryl methyl sites for hydroxylation is 2. The largest absolute Gasteiger partial charge is 0.386 e. The van der Waals surface area contributed by atoms with Crippen molar-refractivity contribution >= 4 is 17.2 Å². The van der Waals surface area contributed by atoms with Gasteiger partial charge in [-0.1, -0.05) is 19.8 Å². The van der Waals surface area contributed by atoms with E-state index in [0.717, 1.165) is 24.1 Å². The summed E-state index contributed by atoms with van der Waals surface area (Å²) < 4.78 is 0. The van der Waals surface area contributed by atoms with Gasteiger partial charge < -0.3 is 10.0 Å². The molecule has 0 radical (unpaired) electrons. The summed E-state index contributed by atoms with van der Waals surface area (Å²) in [6.07, 6.45) is 8.10. The Labute approximate surface area is 124 Å². The molecule has 0 aromatic carbocycles. The van der Waals surface area contributed by atoms with Crippen LogP contribution in [0.3, 0.4) is 0 Å². The number of nitrogens with zero attached hydrogens (tertiary/aromatic N) is 1. The van der Waals surface area contributed by atoms with E-state index in [1.807, 2.05) is 6.92 Å². The summed E-state index contributed by atoms with van der Waals surface area (Å²) in [6.45, 7) is 2.95. The summed E-state index contributed by atoms with van der Waals surface area (Å²) in [7, 11) is 0. The first-order valence-electron chi connectivity index (χ1n) is 7.74. The number of rotatable bonds is 2. The van der Waals surface area contributed by atoms with E-state index in [4.69, 9.17) is 0 Å². The molecular weight excluding hydrogens is 270 g/mol. The molecule has 2 aliphatic rings. The zero-order valence-electron chi connectivity index (χ0n) is 12.2. The van der Waals surface area contributed by atoms with Crippen molar-refractivity contribution in [3.05, 3.63) is 21.4 Å². The Hall–Kier alpha value is -0.870. The highest BCUT2D eigenvalue weighted by molar-refractivity contribution is 7.14. The predicted molar refractivity (Wildman–Crippen MR) is 81.3 cm³/mol. The van der Waals surface area contributed by atoms with Gasteiger partial charge in [0.25, 0.3) is 5.91 Å². The number of fused-ring (bicyclic) bond motifs is 1. The molecule has 0 saturated carbocycles. The van der Waals surface area contributed by atoms with Crippen molar-refractivity contribution in [3.63, 3.8) is 0 Å². The van der Waals surface area contributed by atoms with E-state index >= 15 is 0 Å². The van der Waals surface area contributed by atoms with Crippen molar-refractivity contribution in [2.75, 3.05) is 13.1 Å². The smallest absolute Gasteiger partial charge is 0.264 e. The number of carbonyl (C=O) groups is 1. The highest BCUT2D eigenvalue weighted by Gasteiger charge is 2.42. The van der Waals surface area contributed by atoms with Gasteiger partial charge in [-0.15, -0.1) is 11.3 Å². The summed E-state index contributed by atoms with van der Waals surface area (Å²) in [5, 5.41) is 10.0. The molecule has 3 rings (SSSR count). The highest BCUT2D eigenvalue weighted by Crippen LogP contribution is 2.32. The number of carbonyl (C=O) groups excluding carboxylic acids is 1. The van der Waals surface area contributed by atoms with Crippen molar-refractivity contribution in [1.29, 1.82) is 0 Å². The van der Waals surface area contributed by atoms with Gasteiger partial charge in [0.1, 0.15) is 0 Å². The van der Waals surface area contributed by atoms with Gasteiger partial charge >= 0.3 is 0 Å². The summed E-state index contributed by atoms with van der Waals surface area (Å²) in [5.74, 6) is 0.111. The van der Waals surface area contributed by atoms with Crippen molar-refractivity contribution in [1.82, 2.24) is 4.90 Å². The molecule has 0 atom stereocenters. The first kappa shape index (κ1) is 14.1. The van der Waals surface area contributed by atoms with Gasteiger partial charge in [0.2, 0.25) is 0 Å². The van der Waals surface area contributed by atoms with Crippen LogP contribution in [0.25, 0.3) is 0 Å². The average Bonchev–Trinajstić information content (AvgIpc) is 2.77. The lowest BCUT2D eigenvalue weighted by Crippen LogP contribution is -2.63. The van der Waals surface area contributed by atoms with Gasteiger partial charge in [-0.25, -0.2) is 0 Å². The summed E-state index contributed by atoms with van der Waals surface area (Å²) >= 11 is 1.68. The predicted octanol–water partition coefficient (Wildman–Crippen LogP) is 3.00. The fraction of sp³-hybridized carbons (Fsp3) is 0.688. The third-order valence-corrected chi connectivity index (χ3v) is 5.85. The topological polar surface area (TPSA) is 40.5 Å². The Morgan fingerprint density at radius 2 is 2.00 bits per heavy atom. The van der Waals surface area contributed by atoms with E-state index in [-0.39, 0.29) is 5.91 Å². The molecule has 1 aliphatic carbocycles. The zero-order valence-corrected chi connectivity index (χ0v) is 13.0. The van der Waals surface area contributed by atoms with Crippen molar-refractivity contribution < 1.29 is 9.90 Å². The quantitative estimate of drug-likeness (QED) is 0.910. The molecule has 0 bridgehead atoms. The van der Waals surface area contributed by atoms with E-state index < -0.39 is 5.60 Å². The SMILES string of the molecule is CCC1(O)CN(C(=O)c2cc3c(s2)CCCCCC3)C1. The minimum atomic E-state index is -0.637. The second-order valence-electron chi connectivity index (χ2n) is 6.21. The van der Waals surface area contributed by atoms with E-state index in [1.54, 1.807) is 16.2 Å². The third-order valence-electron chi connectivity index (χ3n) is 4.62. The highest BCUT2D eigenvalue weighted by atomic mass is 32.1. The molecule has 1 aromatic rings. The first-order chi connectivity index (χ1) is 9.61. The number of likely N-dealkylation sites (tertiary alicyclic amines) is 1. The van der Waals surface area contributed by atoms with Crippen LogP contribution in [0.4, 0.5) is 0 Å². The van der Waals surface area contributed by atoms with Gasteiger partial charge in [-0.3, -0.25) is 4.79 Å². The Balaban J connectivity index is 1.71. The van der Waals surface area contributed by atoms with E-state index in [0.29, 0.717) is 13.1 Å². The monoisotopic (exact) mass is 293 g/mol. The number of β-amino-alcohol motifs (C(OH)–C–C–N with tert-alkyl or cyclic N) is 1. The van der Waals surface area contributed by atoms with Gasteiger partial charge in [-0.2, -0.15) is 0 Å². The van der Waals surface area contributed by atoms with E-state index in [1.165, 1.54) is 36.1 Å². The molecule has 1 N–H and O–H groups in total. The van der Waals surface area contributed by atoms with Crippen LogP contribution < -0.4 is 0 Å². The maximum atomic E-state index is 12.4. The van der Waals surface area contributed by atoms with Crippen molar-refractivity contribution in [3.8, 4) is 0 Å². The molecule has 0 spiro atoms. The maximum absolute atomic E-state index is 12.4. The number of hydrogen-bond acceptors (Lipinski definition) is 3. The van der Waals surface area contributed by atoms with E-state index in [9.17, 15) is 9.90 Å². The lowest BCUT2D eigenvalue weighted by Gasteiger charge is -2.45. The molecule has 1 amide bonds. The normalized spacial score (nSPS) is 21.6. The lowest BCUT2D eigenvalue weighted by atomic mass is 9.91. The van der Waals surface area contributed by atoms with Crippen LogP contribution in [0, 0.1) is 0 Å². The summed E-state index contributed by atoms with van der Waals surface area (Å²) in [5.41, 5.74) is 0.755. The molecule has 110 valence electrons.